The number of fused-ring (bicyclic) bond motifs is 1. The minimum atomic E-state index is -1.29. The number of rotatable bonds is 2. The summed E-state index contributed by atoms with van der Waals surface area (Å²) in [6.07, 6.45) is -1.93. The van der Waals surface area contributed by atoms with Crippen LogP contribution < -0.4 is 4.74 Å². The van der Waals surface area contributed by atoms with E-state index < -0.39 is 12.4 Å². The van der Waals surface area contributed by atoms with Gasteiger partial charge in [-0.05, 0) is 30.0 Å². The lowest BCUT2D eigenvalue weighted by atomic mass is 9.94. The zero-order valence-electron chi connectivity index (χ0n) is 9.27. The monoisotopic (exact) mass is 226 g/mol. The minimum Gasteiger partial charge on any atom is -0.462 e. The van der Waals surface area contributed by atoms with Gasteiger partial charge in [0.1, 0.15) is 17.7 Å². The van der Waals surface area contributed by atoms with Crippen LogP contribution >= 0.6 is 0 Å². The molecule has 1 aromatic rings. The first-order valence-corrected chi connectivity index (χ1v) is 5.34. The van der Waals surface area contributed by atoms with Gasteiger partial charge in [-0.15, -0.1) is 0 Å². The van der Waals surface area contributed by atoms with E-state index in [-0.39, 0.29) is 11.7 Å². The molecule has 1 aliphatic heterocycles. The van der Waals surface area contributed by atoms with Crippen LogP contribution in [0.1, 0.15) is 31.1 Å². The van der Waals surface area contributed by atoms with E-state index in [2.05, 4.69) is 0 Å². The molecule has 1 aromatic carbocycles. The molecule has 0 bridgehead atoms. The van der Waals surface area contributed by atoms with Crippen LogP contribution in [0, 0.1) is 11.7 Å². The van der Waals surface area contributed by atoms with E-state index in [0.29, 0.717) is 23.3 Å². The summed E-state index contributed by atoms with van der Waals surface area (Å²) >= 11 is 0. The summed E-state index contributed by atoms with van der Waals surface area (Å²) in [5, 5.41) is 19.1. The number of benzene rings is 1. The molecule has 2 N–H and O–H groups in total. The molecule has 88 valence electrons. The normalized spacial score (nSPS) is 23.4. The SMILES string of the molecule is CC(C)Cc1c(F)ccc2c1C(O)C(O)O2. The Morgan fingerprint density at radius 1 is 1.38 bits per heavy atom. The van der Waals surface area contributed by atoms with Gasteiger partial charge in [0, 0.05) is 5.56 Å². The van der Waals surface area contributed by atoms with Gasteiger partial charge in [-0.25, -0.2) is 4.39 Å². The molecule has 0 aliphatic carbocycles. The van der Waals surface area contributed by atoms with Crippen molar-refractivity contribution in [1.82, 2.24) is 0 Å². The Kier molecular flexibility index (Phi) is 2.86. The third-order valence-corrected chi connectivity index (χ3v) is 2.69. The van der Waals surface area contributed by atoms with Crippen molar-refractivity contribution < 1.29 is 19.3 Å². The molecule has 2 atom stereocenters. The molecular weight excluding hydrogens is 211 g/mol. The molecule has 1 aliphatic rings. The Hall–Kier alpha value is -1.13. The highest BCUT2D eigenvalue weighted by molar-refractivity contribution is 5.46. The first-order valence-electron chi connectivity index (χ1n) is 5.34. The highest BCUT2D eigenvalue weighted by Gasteiger charge is 2.34. The molecule has 0 aromatic heterocycles. The Balaban J connectivity index is 2.48. The summed E-state index contributed by atoms with van der Waals surface area (Å²) in [6.45, 7) is 3.94. The van der Waals surface area contributed by atoms with E-state index in [1.165, 1.54) is 12.1 Å². The van der Waals surface area contributed by atoms with E-state index >= 15 is 0 Å². The zero-order chi connectivity index (χ0) is 11.9. The summed E-state index contributed by atoms with van der Waals surface area (Å²) in [5.74, 6) is 0.284. The van der Waals surface area contributed by atoms with E-state index in [1.54, 1.807) is 0 Å². The Labute approximate surface area is 93.5 Å². The highest BCUT2D eigenvalue weighted by Crippen LogP contribution is 2.39. The fourth-order valence-electron chi connectivity index (χ4n) is 2.00. The van der Waals surface area contributed by atoms with Gasteiger partial charge in [0.2, 0.25) is 6.29 Å². The van der Waals surface area contributed by atoms with Gasteiger partial charge in [-0.2, -0.15) is 0 Å². The summed E-state index contributed by atoms with van der Waals surface area (Å²) in [4.78, 5) is 0. The van der Waals surface area contributed by atoms with Gasteiger partial charge in [-0.3, -0.25) is 0 Å². The molecule has 0 fully saturated rings. The van der Waals surface area contributed by atoms with Crippen LogP contribution in [0.4, 0.5) is 4.39 Å². The van der Waals surface area contributed by atoms with Crippen molar-refractivity contribution in [3.8, 4) is 5.75 Å². The number of hydrogen-bond acceptors (Lipinski definition) is 3. The van der Waals surface area contributed by atoms with Gasteiger partial charge < -0.3 is 14.9 Å². The molecule has 16 heavy (non-hydrogen) atoms. The number of aliphatic hydroxyl groups is 2. The van der Waals surface area contributed by atoms with E-state index in [4.69, 9.17) is 4.74 Å². The van der Waals surface area contributed by atoms with Crippen LogP contribution in [0.25, 0.3) is 0 Å². The standard InChI is InChI=1S/C12H15FO3/c1-6(2)5-7-8(13)3-4-9-10(7)11(14)12(15)16-9/h3-4,6,11-12,14-15H,5H2,1-2H3. The van der Waals surface area contributed by atoms with Crippen molar-refractivity contribution in [1.29, 1.82) is 0 Å². The predicted octanol–water partition coefficient (Wildman–Crippen LogP) is 1.77. The van der Waals surface area contributed by atoms with Gasteiger partial charge >= 0.3 is 0 Å². The summed E-state index contributed by atoms with van der Waals surface area (Å²) < 4.78 is 18.7. The predicted molar refractivity (Wildman–Crippen MR) is 56.5 cm³/mol. The van der Waals surface area contributed by atoms with E-state index in [1.807, 2.05) is 13.8 Å². The second kappa shape index (κ2) is 4.03. The lowest BCUT2D eigenvalue weighted by molar-refractivity contribution is -0.0828. The van der Waals surface area contributed by atoms with Crippen LogP contribution in [-0.2, 0) is 6.42 Å². The average molecular weight is 226 g/mol. The Bertz CT molecular complexity index is 403. The first kappa shape index (κ1) is 11.4. The number of halogens is 1. The summed E-state index contributed by atoms with van der Waals surface area (Å²) in [5.41, 5.74) is 0.831. The van der Waals surface area contributed by atoms with Crippen molar-refractivity contribution in [2.24, 2.45) is 5.92 Å². The third kappa shape index (κ3) is 1.79. The second-order valence-electron chi connectivity index (χ2n) is 4.49. The van der Waals surface area contributed by atoms with Crippen LogP contribution in [0.3, 0.4) is 0 Å². The molecule has 0 spiro atoms. The minimum absolute atomic E-state index is 0.269. The first-order chi connectivity index (χ1) is 7.50. The van der Waals surface area contributed by atoms with E-state index in [0.717, 1.165) is 0 Å². The molecule has 1 heterocycles. The Morgan fingerprint density at radius 3 is 2.69 bits per heavy atom. The second-order valence-corrected chi connectivity index (χ2v) is 4.49. The molecule has 0 radical (unpaired) electrons. The fourth-order valence-corrected chi connectivity index (χ4v) is 2.00. The highest BCUT2D eigenvalue weighted by atomic mass is 19.1. The largest absolute Gasteiger partial charge is 0.462 e. The van der Waals surface area contributed by atoms with Crippen molar-refractivity contribution in [2.45, 2.75) is 32.7 Å². The average Bonchev–Trinajstić information content (AvgIpc) is 2.48. The van der Waals surface area contributed by atoms with Crippen LogP contribution in [-0.4, -0.2) is 16.5 Å². The molecule has 0 saturated carbocycles. The summed E-state index contributed by atoms with van der Waals surface area (Å²) in [7, 11) is 0. The quantitative estimate of drug-likeness (QED) is 0.808. The number of aliphatic hydroxyl groups excluding tert-OH is 2. The van der Waals surface area contributed by atoms with Gasteiger partial charge in [-0.1, -0.05) is 13.8 Å². The lowest BCUT2D eigenvalue weighted by Crippen LogP contribution is -2.17. The fraction of sp³-hybridized carbons (Fsp3) is 0.500. The molecule has 0 amide bonds. The maximum atomic E-state index is 13.7. The van der Waals surface area contributed by atoms with Crippen molar-refractivity contribution in [2.75, 3.05) is 0 Å². The van der Waals surface area contributed by atoms with Crippen LogP contribution in [0.5, 0.6) is 5.75 Å². The van der Waals surface area contributed by atoms with Crippen molar-refractivity contribution in [3.05, 3.63) is 29.1 Å². The molecule has 0 saturated heterocycles. The topological polar surface area (TPSA) is 49.7 Å². The van der Waals surface area contributed by atoms with E-state index in [9.17, 15) is 14.6 Å². The number of hydrogen-bond donors (Lipinski definition) is 2. The van der Waals surface area contributed by atoms with Crippen molar-refractivity contribution in [3.63, 3.8) is 0 Å². The van der Waals surface area contributed by atoms with Gasteiger partial charge in [0.25, 0.3) is 0 Å². The van der Waals surface area contributed by atoms with Crippen LogP contribution in [0.2, 0.25) is 0 Å². The summed E-state index contributed by atoms with van der Waals surface area (Å²) in [6, 6.07) is 2.75. The molecule has 2 unspecified atom stereocenters. The molecular formula is C12H15FO3. The maximum Gasteiger partial charge on any atom is 0.228 e. The van der Waals surface area contributed by atoms with Gasteiger partial charge in [0.15, 0.2) is 0 Å². The third-order valence-electron chi connectivity index (χ3n) is 2.69. The van der Waals surface area contributed by atoms with Crippen molar-refractivity contribution >= 4 is 0 Å². The molecule has 2 rings (SSSR count). The lowest BCUT2D eigenvalue weighted by Gasteiger charge is -2.12. The number of ether oxygens (including phenoxy) is 1. The maximum absolute atomic E-state index is 13.7. The van der Waals surface area contributed by atoms with Crippen LogP contribution in [0.15, 0.2) is 12.1 Å². The van der Waals surface area contributed by atoms with Gasteiger partial charge in [0.05, 0.1) is 0 Å². The Morgan fingerprint density at radius 2 is 2.06 bits per heavy atom. The smallest absolute Gasteiger partial charge is 0.228 e. The zero-order valence-corrected chi connectivity index (χ0v) is 9.27. The molecule has 4 heteroatoms. The molecule has 3 nitrogen and oxygen atoms in total.